The van der Waals surface area contributed by atoms with Crippen molar-refractivity contribution < 1.29 is 19.0 Å². The van der Waals surface area contributed by atoms with Gasteiger partial charge in [-0.05, 0) is 25.0 Å². The lowest BCUT2D eigenvalue weighted by Gasteiger charge is -2.23. The standard InChI is InChI=1S/C23H23N3O5/c1-13-9-11-16(12-10-13)19-18(22-21(26(28)29)14(2)25-31-22)17(15-7-5-4-6-8-15)20(24-19)23(27)30-3/h4-12,17-20,24H,1-3H3/t17-,18-,19+,20+/m0/s1. The average molecular weight is 421 g/mol. The number of ether oxygens (including phenoxy) is 1. The lowest BCUT2D eigenvalue weighted by atomic mass is 9.78. The van der Waals surface area contributed by atoms with E-state index in [4.69, 9.17) is 9.26 Å². The first-order valence-electron chi connectivity index (χ1n) is 9.98. The molecule has 4 atom stereocenters. The second kappa shape index (κ2) is 8.31. The van der Waals surface area contributed by atoms with Crippen molar-refractivity contribution in [3.05, 3.63) is 92.9 Å². The first kappa shape index (κ1) is 20.7. The summed E-state index contributed by atoms with van der Waals surface area (Å²) in [6.45, 7) is 3.53. The minimum absolute atomic E-state index is 0.154. The molecule has 2 heterocycles. The Kier molecular flexibility index (Phi) is 5.56. The number of hydrogen-bond acceptors (Lipinski definition) is 7. The van der Waals surface area contributed by atoms with Crippen LogP contribution in [0.2, 0.25) is 0 Å². The number of nitrogens with zero attached hydrogens (tertiary/aromatic N) is 2. The van der Waals surface area contributed by atoms with Gasteiger partial charge >= 0.3 is 11.7 Å². The Bertz CT molecular complexity index is 1090. The normalized spacial score (nSPS) is 22.9. The summed E-state index contributed by atoms with van der Waals surface area (Å²) < 4.78 is 10.6. The smallest absolute Gasteiger partial charge is 0.334 e. The van der Waals surface area contributed by atoms with Crippen LogP contribution in [-0.2, 0) is 9.53 Å². The summed E-state index contributed by atoms with van der Waals surface area (Å²) in [7, 11) is 1.33. The molecule has 8 nitrogen and oxygen atoms in total. The van der Waals surface area contributed by atoms with E-state index >= 15 is 0 Å². The number of aryl methyl sites for hydroxylation is 2. The third-order valence-electron chi connectivity index (χ3n) is 5.88. The van der Waals surface area contributed by atoms with Gasteiger partial charge in [-0.15, -0.1) is 0 Å². The molecule has 1 aromatic heterocycles. The molecule has 1 aliphatic rings. The van der Waals surface area contributed by atoms with Crippen LogP contribution >= 0.6 is 0 Å². The maximum Gasteiger partial charge on any atom is 0.334 e. The molecule has 0 amide bonds. The molecule has 8 heteroatoms. The average Bonchev–Trinajstić information content (AvgIpc) is 3.35. The Balaban J connectivity index is 1.93. The third kappa shape index (κ3) is 3.70. The van der Waals surface area contributed by atoms with Gasteiger partial charge < -0.3 is 9.26 Å². The van der Waals surface area contributed by atoms with Crippen LogP contribution in [0.3, 0.4) is 0 Å². The van der Waals surface area contributed by atoms with Gasteiger partial charge in [0.25, 0.3) is 0 Å². The van der Waals surface area contributed by atoms with E-state index in [0.29, 0.717) is 0 Å². The SMILES string of the molecule is COC(=O)[C@@H]1N[C@H](c2ccc(C)cc2)[C@@H](c2onc(C)c2[N+](=O)[O-])[C@@H]1c1ccccc1. The second-order valence-electron chi connectivity index (χ2n) is 7.76. The molecule has 31 heavy (non-hydrogen) atoms. The number of esters is 1. The van der Waals surface area contributed by atoms with Gasteiger partial charge in [-0.25, -0.2) is 0 Å². The van der Waals surface area contributed by atoms with Crippen LogP contribution in [0.15, 0.2) is 59.1 Å². The summed E-state index contributed by atoms with van der Waals surface area (Å²) in [6, 6.07) is 16.2. The third-order valence-corrected chi connectivity index (χ3v) is 5.88. The Labute approximate surface area is 179 Å². The van der Waals surface area contributed by atoms with E-state index in [1.54, 1.807) is 6.92 Å². The fourth-order valence-electron chi connectivity index (χ4n) is 4.45. The van der Waals surface area contributed by atoms with Crippen molar-refractivity contribution in [1.82, 2.24) is 10.5 Å². The summed E-state index contributed by atoms with van der Waals surface area (Å²) >= 11 is 0. The highest BCUT2D eigenvalue weighted by molar-refractivity contribution is 5.78. The van der Waals surface area contributed by atoms with E-state index in [-0.39, 0.29) is 17.1 Å². The van der Waals surface area contributed by atoms with Gasteiger partial charge in [0, 0.05) is 12.0 Å². The van der Waals surface area contributed by atoms with E-state index < -0.39 is 34.8 Å². The van der Waals surface area contributed by atoms with Gasteiger partial charge in [0.05, 0.1) is 18.0 Å². The van der Waals surface area contributed by atoms with Crippen molar-refractivity contribution in [2.24, 2.45) is 0 Å². The molecule has 0 bridgehead atoms. The number of aromatic nitrogens is 1. The number of nitrogens with one attached hydrogen (secondary N) is 1. The minimum Gasteiger partial charge on any atom is -0.468 e. The predicted molar refractivity (Wildman–Crippen MR) is 113 cm³/mol. The molecule has 0 aliphatic carbocycles. The Morgan fingerprint density at radius 2 is 1.74 bits per heavy atom. The topological polar surface area (TPSA) is 108 Å². The fraction of sp³-hybridized carbons (Fsp3) is 0.304. The molecule has 160 valence electrons. The van der Waals surface area contributed by atoms with Crippen LogP contribution in [0.4, 0.5) is 5.69 Å². The molecule has 1 saturated heterocycles. The molecule has 0 spiro atoms. The summed E-state index contributed by atoms with van der Waals surface area (Å²) in [4.78, 5) is 24.2. The molecule has 4 rings (SSSR count). The van der Waals surface area contributed by atoms with E-state index in [2.05, 4.69) is 10.5 Å². The highest BCUT2D eigenvalue weighted by atomic mass is 16.6. The molecule has 0 saturated carbocycles. The number of hydrogen-bond donors (Lipinski definition) is 1. The van der Waals surface area contributed by atoms with Gasteiger partial charge in [0.15, 0.2) is 5.69 Å². The number of benzene rings is 2. The largest absolute Gasteiger partial charge is 0.468 e. The Morgan fingerprint density at radius 1 is 1.06 bits per heavy atom. The molecule has 1 N–H and O–H groups in total. The zero-order chi connectivity index (χ0) is 22.1. The van der Waals surface area contributed by atoms with Crippen molar-refractivity contribution in [3.8, 4) is 0 Å². The van der Waals surface area contributed by atoms with Crippen LogP contribution < -0.4 is 5.32 Å². The second-order valence-corrected chi connectivity index (χ2v) is 7.76. The highest BCUT2D eigenvalue weighted by Gasteiger charge is 2.52. The number of carbonyl (C=O) groups excluding carboxylic acids is 1. The summed E-state index contributed by atoms with van der Waals surface area (Å²) in [5.41, 5.74) is 2.88. The number of nitro groups is 1. The van der Waals surface area contributed by atoms with Gasteiger partial charge in [0.1, 0.15) is 6.04 Å². The molecule has 1 fully saturated rings. The molecule has 0 radical (unpaired) electrons. The van der Waals surface area contributed by atoms with Gasteiger partial charge in [-0.3, -0.25) is 20.2 Å². The van der Waals surface area contributed by atoms with Crippen molar-refractivity contribution >= 4 is 11.7 Å². The first-order chi connectivity index (χ1) is 14.9. The lowest BCUT2D eigenvalue weighted by molar-refractivity contribution is -0.386. The van der Waals surface area contributed by atoms with Crippen LogP contribution in [0.5, 0.6) is 0 Å². The van der Waals surface area contributed by atoms with Crippen LogP contribution in [0.1, 0.15) is 46.0 Å². The number of carbonyl (C=O) groups is 1. The molecular formula is C23H23N3O5. The van der Waals surface area contributed by atoms with E-state index in [9.17, 15) is 14.9 Å². The minimum atomic E-state index is -0.714. The Morgan fingerprint density at radius 3 is 2.35 bits per heavy atom. The molecular weight excluding hydrogens is 398 g/mol. The van der Waals surface area contributed by atoms with E-state index in [0.717, 1.165) is 16.7 Å². The maximum atomic E-state index is 12.8. The van der Waals surface area contributed by atoms with Gasteiger partial charge in [0.2, 0.25) is 5.76 Å². The fourth-order valence-corrected chi connectivity index (χ4v) is 4.45. The predicted octanol–water partition coefficient (Wildman–Crippen LogP) is 3.95. The summed E-state index contributed by atoms with van der Waals surface area (Å²) in [6.07, 6.45) is 0. The van der Waals surface area contributed by atoms with Gasteiger partial charge in [-0.2, -0.15) is 0 Å². The zero-order valence-electron chi connectivity index (χ0n) is 17.4. The van der Waals surface area contributed by atoms with Crippen LogP contribution in [0.25, 0.3) is 0 Å². The number of methoxy groups -OCH3 is 1. The Hall–Kier alpha value is -3.52. The monoisotopic (exact) mass is 421 g/mol. The van der Waals surface area contributed by atoms with Crippen molar-refractivity contribution in [2.75, 3.05) is 7.11 Å². The summed E-state index contributed by atoms with van der Waals surface area (Å²) in [5.74, 6) is -1.28. The maximum absolute atomic E-state index is 12.8. The van der Waals surface area contributed by atoms with E-state index in [1.165, 1.54) is 7.11 Å². The van der Waals surface area contributed by atoms with Crippen LogP contribution in [-0.4, -0.2) is 29.2 Å². The van der Waals surface area contributed by atoms with Crippen molar-refractivity contribution in [1.29, 1.82) is 0 Å². The molecule has 1 aliphatic heterocycles. The molecule has 0 unspecified atom stereocenters. The first-order valence-corrected chi connectivity index (χ1v) is 9.98. The van der Waals surface area contributed by atoms with Crippen molar-refractivity contribution in [2.45, 2.75) is 37.8 Å². The van der Waals surface area contributed by atoms with Crippen LogP contribution in [0, 0.1) is 24.0 Å². The van der Waals surface area contributed by atoms with Crippen molar-refractivity contribution in [3.63, 3.8) is 0 Å². The molecule has 2 aromatic carbocycles. The highest BCUT2D eigenvalue weighted by Crippen LogP contribution is 2.52. The molecule has 3 aromatic rings. The zero-order valence-corrected chi connectivity index (χ0v) is 17.4. The number of rotatable bonds is 5. The summed E-state index contributed by atoms with van der Waals surface area (Å²) in [5, 5.41) is 19.1. The van der Waals surface area contributed by atoms with Gasteiger partial charge in [-0.1, -0.05) is 65.3 Å². The van der Waals surface area contributed by atoms with E-state index in [1.807, 2.05) is 61.5 Å². The quantitative estimate of drug-likeness (QED) is 0.377. The lowest BCUT2D eigenvalue weighted by Crippen LogP contribution is -2.36.